The van der Waals surface area contributed by atoms with Crippen molar-refractivity contribution in [3.05, 3.63) is 29.6 Å². The van der Waals surface area contributed by atoms with E-state index < -0.39 is 6.10 Å². The topological polar surface area (TPSA) is 52.9 Å². The van der Waals surface area contributed by atoms with Crippen molar-refractivity contribution in [2.75, 3.05) is 31.2 Å². The second-order valence-corrected chi connectivity index (χ2v) is 4.48. The van der Waals surface area contributed by atoms with Crippen molar-refractivity contribution < 1.29 is 19.3 Å². The third-order valence-electron chi connectivity index (χ3n) is 3.13. The first-order valence-corrected chi connectivity index (χ1v) is 6.07. The van der Waals surface area contributed by atoms with Gasteiger partial charge in [-0.2, -0.15) is 0 Å². The largest absolute Gasteiger partial charge is 0.394 e. The van der Waals surface area contributed by atoms with Crippen LogP contribution in [0, 0.1) is 5.82 Å². The highest BCUT2D eigenvalue weighted by atomic mass is 19.1. The Kier molecular flexibility index (Phi) is 4.16. The van der Waals surface area contributed by atoms with Gasteiger partial charge in [-0.25, -0.2) is 4.39 Å². The van der Waals surface area contributed by atoms with Crippen LogP contribution in [0.2, 0.25) is 0 Å². The molecule has 1 unspecified atom stereocenters. The number of aliphatic hydroxyl groups is 2. The van der Waals surface area contributed by atoms with Crippen LogP contribution in [0.3, 0.4) is 0 Å². The lowest BCUT2D eigenvalue weighted by molar-refractivity contribution is 0.00326. The van der Waals surface area contributed by atoms with E-state index in [4.69, 9.17) is 9.84 Å². The van der Waals surface area contributed by atoms with Crippen molar-refractivity contribution in [1.82, 2.24) is 0 Å². The first-order chi connectivity index (χ1) is 8.63. The van der Waals surface area contributed by atoms with Gasteiger partial charge in [0.2, 0.25) is 0 Å². The zero-order chi connectivity index (χ0) is 13.1. The van der Waals surface area contributed by atoms with Gasteiger partial charge in [-0.05, 0) is 13.0 Å². The molecule has 1 aliphatic heterocycles. The monoisotopic (exact) mass is 255 g/mol. The average Bonchev–Trinajstić information content (AvgIpc) is 2.38. The van der Waals surface area contributed by atoms with Crippen molar-refractivity contribution >= 4 is 5.69 Å². The summed E-state index contributed by atoms with van der Waals surface area (Å²) in [5.74, 6) is -0.355. The van der Waals surface area contributed by atoms with Gasteiger partial charge in [-0.1, -0.05) is 12.1 Å². The van der Waals surface area contributed by atoms with E-state index in [2.05, 4.69) is 0 Å². The molecule has 0 radical (unpaired) electrons. The summed E-state index contributed by atoms with van der Waals surface area (Å²) in [5, 5.41) is 18.8. The predicted molar refractivity (Wildman–Crippen MR) is 66.1 cm³/mol. The van der Waals surface area contributed by atoms with Crippen molar-refractivity contribution in [3.8, 4) is 0 Å². The van der Waals surface area contributed by atoms with Gasteiger partial charge in [0.25, 0.3) is 0 Å². The number of aliphatic hydroxyl groups excluding tert-OH is 2. The lowest BCUT2D eigenvalue weighted by atomic mass is 10.1. The Bertz CT molecular complexity index is 411. The molecule has 0 aliphatic carbocycles. The van der Waals surface area contributed by atoms with E-state index >= 15 is 0 Å². The van der Waals surface area contributed by atoms with Crippen LogP contribution in [0.5, 0.6) is 0 Å². The Morgan fingerprint density at radius 2 is 2.33 bits per heavy atom. The average molecular weight is 255 g/mol. The van der Waals surface area contributed by atoms with Crippen molar-refractivity contribution in [3.63, 3.8) is 0 Å². The summed E-state index contributed by atoms with van der Waals surface area (Å²) in [5.41, 5.74) is 0.975. The number of hydrogen-bond donors (Lipinski definition) is 2. The van der Waals surface area contributed by atoms with E-state index in [9.17, 15) is 9.50 Å². The quantitative estimate of drug-likeness (QED) is 0.848. The molecule has 1 fully saturated rings. The molecule has 0 aromatic heterocycles. The molecule has 100 valence electrons. The summed E-state index contributed by atoms with van der Waals surface area (Å²) >= 11 is 0. The molecule has 2 N–H and O–H groups in total. The molecule has 1 aromatic rings. The number of benzene rings is 1. The van der Waals surface area contributed by atoms with Crippen LogP contribution >= 0.6 is 0 Å². The van der Waals surface area contributed by atoms with Crippen LogP contribution in [0.15, 0.2) is 18.2 Å². The van der Waals surface area contributed by atoms with E-state index in [0.29, 0.717) is 30.9 Å². The minimum Gasteiger partial charge on any atom is -0.394 e. The molecular weight excluding hydrogens is 237 g/mol. The highest BCUT2D eigenvalue weighted by Crippen LogP contribution is 2.30. The number of ether oxygens (including phenoxy) is 1. The van der Waals surface area contributed by atoms with Gasteiger partial charge in [0, 0.05) is 18.7 Å². The van der Waals surface area contributed by atoms with Crippen LogP contribution in [0.4, 0.5) is 10.1 Å². The second-order valence-electron chi connectivity index (χ2n) is 4.48. The fourth-order valence-electron chi connectivity index (χ4n) is 2.24. The minimum absolute atomic E-state index is 0.0883. The fourth-order valence-corrected chi connectivity index (χ4v) is 2.24. The third kappa shape index (κ3) is 2.63. The maximum Gasteiger partial charge on any atom is 0.146 e. The van der Waals surface area contributed by atoms with Crippen molar-refractivity contribution in [2.45, 2.75) is 19.1 Å². The lowest BCUT2D eigenvalue weighted by Crippen LogP contribution is -2.44. The third-order valence-corrected chi connectivity index (χ3v) is 3.13. The Labute approximate surface area is 106 Å². The number of rotatable bonds is 3. The van der Waals surface area contributed by atoms with Crippen LogP contribution in [-0.2, 0) is 4.74 Å². The first kappa shape index (κ1) is 13.3. The van der Waals surface area contributed by atoms with Crippen LogP contribution in [0.1, 0.15) is 18.6 Å². The van der Waals surface area contributed by atoms with Crippen molar-refractivity contribution in [1.29, 1.82) is 0 Å². The number of anilines is 1. The smallest absolute Gasteiger partial charge is 0.146 e. The van der Waals surface area contributed by atoms with Crippen LogP contribution < -0.4 is 4.90 Å². The van der Waals surface area contributed by atoms with Gasteiger partial charge in [0.05, 0.1) is 31.1 Å². The summed E-state index contributed by atoms with van der Waals surface area (Å²) < 4.78 is 19.3. The molecule has 2 atom stereocenters. The zero-order valence-electron chi connectivity index (χ0n) is 10.3. The molecule has 0 amide bonds. The standard InChI is InChI=1S/C13H18FNO3/c1-9(17)11-3-2-4-12(14)13(11)15-5-6-18-10(7-15)8-16/h2-4,9-10,16-17H,5-8H2,1H3/t9-,10?/m0/s1. The molecule has 5 heteroatoms. The molecule has 0 saturated carbocycles. The first-order valence-electron chi connectivity index (χ1n) is 6.07. The van der Waals surface area contributed by atoms with E-state index in [-0.39, 0.29) is 18.5 Å². The Morgan fingerprint density at radius 1 is 1.56 bits per heavy atom. The van der Waals surface area contributed by atoms with Crippen LogP contribution in [0.25, 0.3) is 0 Å². The lowest BCUT2D eigenvalue weighted by Gasteiger charge is -2.35. The summed E-state index contributed by atoms with van der Waals surface area (Å²) in [7, 11) is 0. The number of hydrogen-bond acceptors (Lipinski definition) is 4. The maximum absolute atomic E-state index is 14.0. The van der Waals surface area contributed by atoms with Crippen molar-refractivity contribution in [2.24, 2.45) is 0 Å². The Balaban J connectivity index is 2.31. The summed E-state index contributed by atoms with van der Waals surface area (Å²) in [4.78, 5) is 1.82. The predicted octanol–water partition coefficient (Wildman–Crippen LogP) is 1.08. The van der Waals surface area contributed by atoms with Gasteiger partial charge in [0.1, 0.15) is 5.82 Å². The maximum atomic E-state index is 14.0. The molecule has 1 aromatic carbocycles. The zero-order valence-corrected chi connectivity index (χ0v) is 10.3. The number of halogens is 1. The summed E-state index contributed by atoms with van der Waals surface area (Å²) in [6.45, 7) is 2.95. The molecule has 0 bridgehead atoms. The molecule has 1 saturated heterocycles. The molecule has 0 spiro atoms. The highest BCUT2D eigenvalue weighted by molar-refractivity contribution is 5.56. The molecule has 2 rings (SSSR count). The Morgan fingerprint density at radius 3 is 3.00 bits per heavy atom. The number of morpholine rings is 1. The van der Waals surface area contributed by atoms with Gasteiger partial charge in [-0.15, -0.1) is 0 Å². The van der Waals surface area contributed by atoms with E-state index in [1.165, 1.54) is 6.07 Å². The normalized spacial score (nSPS) is 22.0. The van der Waals surface area contributed by atoms with Gasteiger partial charge in [-0.3, -0.25) is 0 Å². The molecule has 18 heavy (non-hydrogen) atoms. The second kappa shape index (κ2) is 5.65. The van der Waals surface area contributed by atoms with Gasteiger partial charge >= 0.3 is 0 Å². The van der Waals surface area contributed by atoms with E-state index in [1.807, 2.05) is 4.90 Å². The molecule has 4 nitrogen and oxygen atoms in total. The van der Waals surface area contributed by atoms with E-state index in [1.54, 1.807) is 19.1 Å². The highest BCUT2D eigenvalue weighted by Gasteiger charge is 2.25. The van der Waals surface area contributed by atoms with E-state index in [0.717, 1.165) is 0 Å². The Hall–Kier alpha value is -1.17. The molecular formula is C13H18FNO3. The SMILES string of the molecule is C[C@H](O)c1cccc(F)c1N1CCOC(CO)C1. The number of para-hydroxylation sites is 1. The summed E-state index contributed by atoms with van der Waals surface area (Å²) in [6.07, 6.45) is -1.04. The molecule has 1 heterocycles. The summed E-state index contributed by atoms with van der Waals surface area (Å²) in [6, 6.07) is 4.68. The number of nitrogens with zero attached hydrogens (tertiary/aromatic N) is 1. The fraction of sp³-hybridized carbons (Fsp3) is 0.538. The van der Waals surface area contributed by atoms with Crippen LogP contribution in [-0.4, -0.2) is 42.6 Å². The van der Waals surface area contributed by atoms with Gasteiger partial charge < -0.3 is 19.8 Å². The minimum atomic E-state index is -0.730. The van der Waals surface area contributed by atoms with Gasteiger partial charge in [0.15, 0.2) is 0 Å². The molecule has 1 aliphatic rings.